The number of amidine groups is 1. The molecule has 0 radical (unpaired) electrons. The van der Waals surface area contributed by atoms with Crippen molar-refractivity contribution in [3.05, 3.63) is 115 Å². The number of nitrogens with two attached hydrogens (primary N) is 1. The Labute approximate surface area is 215 Å². The minimum atomic E-state index is -3.94. The second-order valence-corrected chi connectivity index (χ2v) is 9.91. The predicted molar refractivity (Wildman–Crippen MR) is 147 cm³/mol. The number of benzene rings is 3. The molecular formula is C28H26FN5O2S. The Morgan fingerprint density at radius 3 is 2.43 bits per heavy atom. The Morgan fingerprint density at radius 1 is 1.11 bits per heavy atom. The van der Waals surface area contributed by atoms with Crippen molar-refractivity contribution in [2.24, 2.45) is 10.1 Å². The molecule has 0 fully saturated rings. The number of aryl methyl sites for hydroxylation is 1. The van der Waals surface area contributed by atoms with Gasteiger partial charge in [-0.05, 0) is 48.9 Å². The molecule has 4 aromatic rings. The Morgan fingerprint density at radius 2 is 1.76 bits per heavy atom. The summed E-state index contributed by atoms with van der Waals surface area (Å²) in [5.41, 5.74) is 2.86. The smallest absolute Gasteiger partial charge is 0.238 e. The van der Waals surface area contributed by atoms with Crippen molar-refractivity contribution in [3.63, 3.8) is 0 Å². The van der Waals surface area contributed by atoms with Crippen LogP contribution in [0.15, 0.2) is 102 Å². The lowest BCUT2D eigenvalue weighted by atomic mass is 10.1. The molecule has 9 heteroatoms. The number of aromatic nitrogens is 2. The molecule has 0 aliphatic rings. The molecule has 0 saturated heterocycles. The fourth-order valence-corrected chi connectivity index (χ4v) is 4.69. The maximum atomic E-state index is 15.0. The van der Waals surface area contributed by atoms with Crippen molar-refractivity contribution >= 4 is 37.9 Å². The molecule has 1 heterocycles. The minimum absolute atomic E-state index is 0.0249. The van der Waals surface area contributed by atoms with Gasteiger partial charge in [-0.2, -0.15) is 5.10 Å². The zero-order valence-corrected chi connectivity index (χ0v) is 21.3. The summed E-state index contributed by atoms with van der Waals surface area (Å²) < 4.78 is 40.5. The molecule has 0 spiro atoms. The first-order valence-electron chi connectivity index (χ1n) is 11.3. The van der Waals surface area contributed by atoms with Gasteiger partial charge >= 0.3 is 0 Å². The van der Waals surface area contributed by atoms with E-state index >= 15 is 4.39 Å². The lowest BCUT2D eigenvalue weighted by Gasteiger charge is -2.13. The van der Waals surface area contributed by atoms with E-state index in [1.165, 1.54) is 29.1 Å². The lowest BCUT2D eigenvalue weighted by molar-refractivity contribution is 0.597. The summed E-state index contributed by atoms with van der Waals surface area (Å²) in [6.07, 6.45) is 2.98. The molecule has 0 unspecified atom stereocenters. The van der Waals surface area contributed by atoms with Crippen LogP contribution in [0.25, 0.3) is 27.7 Å². The van der Waals surface area contributed by atoms with Gasteiger partial charge in [-0.3, -0.25) is 0 Å². The Kier molecular flexibility index (Phi) is 7.19. The van der Waals surface area contributed by atoms with Crippen molar-refractivity contribution in [1.82, 2.24) is 15.1 Å². The van der Waals surface area contributed by atoms with Crippen molar-refractivity contribution in [2.45, 2.75) is 18.7 Å². The Bertz CT molecular complexity index is 1700. The number of primary sulfonamides is 1. The van der Waals surface area contributed by atoms with Crippen LogP contribution in [0.2, 0.25) is 0 Å². The minimum Gasteiger partial charge on any atom is -0.343 e. The normalized spacial score (nSPS) is 12.5. The van der Waals surface area contributed by atoms with Crippen LogP contribution in [0, 0.1) is 12.7 Å². The molecule has 0 saturated carbocycles. The van der Waals surface area contributed by atoms with Crippen LogP contribution in [-0.2, 0) is 10.0 Å². The fourth-order valence-electron chi connectivity index (χ4n) is 3.93. The third kappa shape index (κ3) is 5.58. The van der Waals surface area contributed by atoms with Crippen LogP contribution in [-0.4, -0.2) is 24.0 Å². The third-order valence-electron chi connectivity index (χ3n) is 5.64. The van der Waals surface area contributed by atoms with E-state index in [0.29, 0.717) is 39.7 Å². The standard InChI is InChI=1S/C28H26FN5O2S/c1-5-21(24-12-8-9-13-28(24)37(30,35)36)17-31-20(4)32-19(3)26-14-18(2)33-34(26)27-16-23-11-7-6-10-22(23)15-25(27)29/h5-17H,1,3H2,2,4H3,(H,31,32)(H2,30,35,36)/b21-17+. The molecule has 7 nitrogen and oxygen atoms in total. The zero-order valence-electron chi connectivity index (χ0n) is 20.4. The number of sulfonamides is 1. The average Bonchev–Trinajstić information content (AvgIpc) is 3.25. The van der Waals surface area contributed by atoms with E-state index < -0.39 is 15.8 Å². The van der Waals surface area contributed by atoms with Crippen molar-refractivity contribution in [2.75, 3.05) is 0 Å². The maximum absolute atomic E-state index is 15.0. The molecular weight excluding hydrogens is 489 g/mol. The summed E-state index contributed by atoms with van der Waals surface area (Å²) in [6, 6.07) is 18.9. The van der Waals surface area contributed by atoms with Crippen molar-refractivity contribution < 1.29 is 12.8 Å². The van der Waals surface area contributed by atoms with Crippen LogP contribution in [0.3, 0.4) is 0 Å². The Hall–Kier alpha value is -4.34. The summed E-state index contributed by atoms with van der Waals surface area (Å²) in [6.45, 7) is 11.4. The lowest BCUT2D eigenvalue weighted by Crippen LogP contribution is -2.20. The first-order valence-corrected chi connectivity index (χ1v) is 12.8. The van der Waals surface area contributed by atoms with E-state index in [-0.39, 0.29) is 4.90 Å². The predicted octanol–water partition coefficient (Wildman–Crippen LogP) is 5.33. The van der Waals surface area contributed by atoms with E-state index in [1.807, 2.05) is 31.2 Å². The summed E-state index contributed by atoms with van der Waals surface area (Å²) in [5, 5.41) is 14.6. The quantitative estimate of drug-likeness (QED) is 0.197. The van der Waals surface area contributed by atoms with Crippen LogP contribution < -0.4 is 10.5 Å². The second-order valence-electron chi connectivity index (χ2n) is 8.38. The van der Waals surface area contributed by atoms with Crippen molar-refractivity contribution in [1.29, 1.82) is 0 Å². The number of nitrogens with zero attached hydrogens (tertiary/aromatic N) is 3. The SMILES string of the molecule is C=C/C(=C\N=C(C)NC(=C)c1cc(C)nn1-c1cc2ccccc2cc1F)c1ccccc1S(N)(=O)=O. The summed E-state index contributed by atoms with van der Waals surface area (Å²) in [5.74, 6) is 0.0511. The van der Waals surface area contributed by atoms with E-state index in [2.05, 4.69) is 28.6 Å². The highest BCUT2D eigenvalue weighted by molar-refractivity contribution is 7.89. The van der Waals surface area contributed by atoms with Crippen molar-refractivity contribution in [3.8, 4) is 5.69 Å². The van der Waals surface area contributed by atoms with Gasteiger partial charge in [0.15, 0.2) is 0 Å². The highest BCUT2D eigenvalue weighted by Gasteiger charge is 2.16. The number of rotatable bonds is 7. The molecule has 188 valence electrons. The monoisotopic (exact) mass is 515 g/mol. The summed E-state index contributed by atoms with van der Waals surface area (Å²) >= 11 is 0. The zero-order chi connectivity index (χ0) is 26.7. The molecule has 0 bridgehead atoms. The number of hydrogen-bond acceptors (Lipinski definition) is 4. The van der Waals surface area contributed by atoms with Gasteiger partial charge in [0, 0.05) is 17.3 Å². The topological polar surface area (TPSA) is 102 Å². The third-order valence-corrected chi connectivity index (χ3v) is 6.61. The number of nitrogens with one attached hydrogen (secondary N) is 1. The van der Waals surface area contributed by atoms with Gasteiger partial charge in [-0.1, -0.05) is 61.7 Å². The largest absolute Gasteiger partial charge is 0.343 e. The molecule has 0 amide bonds. The van der Waals surface area contributed by atoms with Gasteiger partial charge in [0.1, 0.15) is 17.3 Å². The molecule has 3 aromatic carbocycles. The van der Waals surface area contributed by atoms with Crippen LogP contribution in [0.1, 0.15) is 23.9 Å². The number of fused-ring (bicyclic) bond motifs is 1. The highest BCUT2D eigenvalue weighted by Crippen LogP contribution is 2.26. The molecule has 0 atom stereocenters. The number of hydrogen-bond donors (Lipinski definition) is 2. The summed E-state index contributed by atoms with van der Waals surface area (Å²) in [7, 11) is -3.94. The van der Waals surface area contributed by atoms with E-state index in [9.17, 15) is 8.42 Å². The molecule has 37 heavy (non-hydrogen) atoms. The highest BCUT2D eigenvalue weighted by atomic mass is 32.2. The van der Waals surface area contributed by atoms with Gasteiger partial charge in [-0.15, -0.1) is 0 Å². The van der Waals surface area contributed by atoms with E-state index in [4.69, 9.17) is 5.14 Å². The van der Waals surface area contributed by atoms with Crippen LogP contribution >= 0.6 is 0 Å². The second kappa shape index (κ2) is 10.3. The van der Waals surface area contributed by atoms with E-state index in [1.54, 1.807) is 37.3 Å². The van der Waals surface area contributed by atoms with Gasteiger partial charge in [0.25, 0.3) is 0 Å². The molecule has 4 rings (SSSR count). The first-order chi connectivity index (χ1) is 17.6. The van der Waals surface area contributed by atoms with Gasteiger partial charge in [0.2, 0.25) is 10.0 Å². The molecule has 1 aromatic heterocycles. The van der Waals surface area contributed by atoms with Crippen LogP contribution in [0.5, 0.6) is 0 Å². The average molecular weight is 516 g/mol. The summed E-state index contributed by atoms with van der Waals surface area (Å²) in [4.78, 5) is 4.38. The fraction of sp³-hybridized carbons (Fsp3) is 0.0714. The van der Waals surface area contributed by atoms with Crippen LogP contribution in [0.4, 0.5) is 4.39 Å². The number of halogens is 1. The van der Waals surface area contributed by atoms with Gasteiger partial charge in [-0.25, -0.2) is 27.6 Å². The molecule has 0 aliphatic heterocycles. The van der Waals surface area contributed by atoms with Gasteiger partial charge in [0.05, 0.1) is 22.0 Å². The number of aliphatic imine (C=N–C) groups is 1. The molecule has 0 aliphatic carbocycles. The Balaban J connectivity index is 1.65. The van der Waals surface area contributed by atoms with Gasteiger partial charge < -0.3 is 5.32 Å². The maximum Gasteiger partial charge on any atom is 0.238 e. The number of allylic oxidation sites excluding steroid dienone is 2. The molecule has 3 N–H and O–H groups in total. The van der Waals surface area contributed by atoms with E-state index in [0.717, 1.165) is 10.8 Å². The first kappa shape index (κ1) is 25.7.